The van der Waals surface area contributed by atoms with E-state index < -0.39 is 23.6 Å². The monoisotopic (exact) mass is 524 g/mol. The number of benzene rings is 2. The number of imidazole rings is 1. The second-order valence-corrected chi connectivity index (χ2v) is 8.54. The molecule has 8 nitrogen and oxygen atoms in total. The third-order valence-corrected chi connectivity index (χ3v) is 5.75. The molecular formula is C26H20F4N6O2. The molecule has 0 fully saturated rings. The van der Waals surface area contributed by atoms with Gasteiger partial charge in [-0.25, -0.2) is 24.1 Å². The first-order chi connectivity index (χ1) is 18.1. The molecule has 0 bridgehead atoms. The molecule has 1 amide bonds. The summed E-state index contributed by atoms with van der Waals surface area (Å²) in [4.78, 5) is 25.6. The van der Waals surface area contributed by atoms with E-state index in [4.69, 9.17) is 4.74 Å². The highest BCUT2D eigenvalue weighted by Crippen LogP contribution is 2.33. The van der Waals surface area contributed by atoms with Gasteiger partial charge in [-0.3, -0.25) is 4.57 Å². The van der Waals surface area contributed by atoms with Crippen molar-refractivity contribution in [3.05, 3.63) is 95.8 Å². The normalized spacial score (nSPS) is 11.6. The lowest BCUT2D eigenvalue weighted by atomic mass is 10.2. The van der Waals surface area contributed by atoms with E-state index in [1.807, 2.05) is 24.6 Å². The summed E-state index contributed by atoms with van der Waals surface area (Å²) in [6.07, 6.45) is -0.0831. The van der Waals surface area contributed by atoms with Crippen LogP contribution in [0, 0.1) is 19.7 Å². The van der Waals surface area contributed by atoms with Crippen LogP contribution in [0.3, 0.4) is 0 Å². The lowest BCUT2D eigenvalue weighted by Crippen LogP contribution is -2.19. The molecule has 5 aromatic rings. The van der Waals surface area contributed by atoms with Crippen LogP contribution < -0.4 is 10.1 Å². The SMILES string of the molecule is Cc1cn(Cc2cc(Oc3ccc4c(ccn4C(=O)Nc4ccc(F)c(C(F)(F)F)c4)c3)ncn2)c(C)n1. The van der Waals surface area contributed by atoms with Crippen molar-refractivity contribution in [3.8, 4) is 11.6 Å². The molecule has 3 heterocycles. The van der Waals surface area contributed by atoms with E-state index in [1.165, 1.54) is 17.1 Å². The average Bonchev–Trinajstić information content (AvgIpc) is 3.41. The van der Waals surface area contributed by atoms with E-state index >= 15 is 0 Å². The van der Waals surface area contributed by atoms with Crippen molar-refractivity contribution >= 4 is 22.6 Å². The van der Waals surface area contributed by atoms with Gasteiger partial charge < -0.3 is 14.6 Å². The van der Waals surface area contributed by atoms with Crippen LogP contribution in [-0.2, 0) is 12.7 Å². The minimum atomic E-state index is -4.89. The predicted octanol–water partition coefficient (Wildman–Crippen LogP) is 6.32. The second kappa shape index (κ2) is 9.61. The Labute approximate surface area is 213 Å². The Morgan fingerprint density at radius 2 is 1.87 bits per heavy atom. The summed E-state index contributed by atoms with van der Waals surface area (Å²) in [6, 6.07) is 9.90. The fourth-order valence-electron chi connectivity index (χ4n) is 4.01. The summed E-state index contributed by atoms with van der Waals surface area (Å²) in [7, 11) is 0. The third-order valence-electron chi connectivity index (χ3n) is 5.75. The summed E-state index contributed by atoms with van der Waals surface area (Å²) < 4.78 is 61.6. The standard InChI is InChI=1S/C26H20F4N6O2/c1-15-12-35(16(2)33-15)13-19-11-24(32-14-31-19)38-20-4-6-23-17(9-20)7-8-36(23)25(37)34-18-3-5-22(27)21(10-18)26(28,29)30/h3-12,14H,13H2,1-2H3,(H,34,37). The molecule has 1 N–H and O–H groups in total. The van der Waals surface area contributed by atoms with E-state index in [0.717, 1.165) is 23.3 Å². The number of hydrogen-bond donors (Lipinski definition) is 1. The maximum atomic E-state index is 13.6. The zero-order valence-corrected chi connectivity index (χ0v) is 20.1. The summed E-state index contributed by atoms with van der Waals surface area (Å²) in [5.41, 5.74) is 0.477. The molecule has 0 unspecified atom stereocenters. The molecule has 0 spiro atoms. The molecule has 12 heteroatoms. The third kappa shape index (κ3) is 5.19. The minimum absolute atomic E-state index is 0.189. The Morgan fingerprint density at radius 1 is 1.05 bits per heavy atom. The Balaban J connectivity index is 1.32. The van der Waals surface area contributed by atoms with Crippen molar-refractivity contribution in [1.82, 2.24) is 24.1 Å². The molecule has 5 rings (SSSR count). The number of fused-ring (bicyclic) bond motifs is 1. The topological polar surface area (TPSA) is 86.9 Å². The highest BCUT2D eigenvalue weighted by atomic mass is 19.4. The van der Waals surface area contributed by atoms with Gasteiger partial charge in [0.2, 0.25) is 5.88 Å². The number of nitrogens with one attached hydrogen (secondary N) is 1. The van der Waals surface area contributed by atoms with Crippen molar-refractivity contribution in [2.45, 2.75) is 26.6 Å². The largest absolute Gasteiger partial charge is 0.439 e. The van der Waals surface area contributed by atoms with Gasteiger partial charge in [0.15, 0.2) is 0 Å². The van der Waals surface area contributed by atoms with Crippen LogP contribution in [0.15, 0.2) is 67.3 Å². The van der Waals surface area contributed by atoms with Crippen LogP contribution in [0.4, 0.5) is 28.0 Å². The highest BCUT2D eigenvalue weighted by molar-refractivity contribution is 5.98. The Hall–Kier alpha value is -4.74. The van der Waals surface area contributed by atoms with E-state index in [-0.39, 0.29) is 5.69 Å². The second-order valence-electron chi connectivity index (χ2n) is 8.54. The van der Waals surface area contributed by atoms with Crippen LogP contribution in [0.2, 0.25) is 0 Å². The molecule has 0 aliphatic carbocycles. The van der Waals surface area contributed by atoms with Crippen molar-refractivity contribution in [1.29, 1.82) is 0 Å². The van der Waals surface area contributed by atoms with E-state index in [2.05, 4.69) is 20.3 Å². The summed E-state index contributed by atoms with van der Waals surface area (Å²) >= 11 is 0. The number of carbonyl (C=O) groups excluding carboxylic acids is 1. The van der Waals surface area contributed by atoms with Crippen LogP contribution in [0.5, 0.6) is 11.6 Å². The lowest BCUT2D eigenvalue weighted by molar-refractivity contribution is -0.139. The smallest absolute Gasteiger partial charge is 0.419 e. The van der Waals surface area contributed by atoms with Gasteiger partial charge in [0.1, 0.15) is 23.7 Å². The molecular weight excluding hydrogens is 504 g/mol. The maximum absolute atomic E-state index is 13.6. The van der Waals surface area contributed by atoms with Crippen LogP contribution >= 0.6 is 0 Å². The molecule has 0 radical (unpaired) electrons. The van der Waals surface area contributed by atoms with Crippen molar-refractivity contribution in [2.24, 2.45) is 0 Å². The first-order valence-corrected chi connectivity index (χ1v) is 11.4. The van der Waals surface area contributed by atoms with Gasteiger partial charge in [0.25, 0.3) is 0 Å². The number of hydrogen-bond acceptors (Lipinski definition) is 5. The highest BCUT2D eigenvalue weighted by Gasteiger charge is 2.34. The quantitative estimate of drug-likeness (QED) is 0.272. The van der Waals surface area contributed by atoms with Gasteiger partial charge in [-0.15, -0.1) is 0 Å². The number of amides is 1. The average molecular weight is 524 g/mol. The molecule has 0 aliphatic heterocycles. The lowest BCUT2D eigenvalue weighted by Gasteiger charge is -2.12. The summed E-state index contributed by atoms with van der Waals surface area (Å²) in [5, 5.41) is 3.01. The minimum Gasteiger partial charge on any atom is -0.439 e. The van der Waals surface area contributed by atoms with E-state index in [1.54, 1.807) is 30.3 Å². The first-order valence-electron chi connectivity index (χ1n) is 11.4. The van der Waals surface area contributed by atoms with Gasteiger partial charge in [-0.05, 0) is 56.3 Å². The molecule has 3 aromatic heterocycles. The van der Waals surface area contributed by atoms with Crippen molar-refractivity contribution in [3.63, 3.8) is 0 Å². The maximum Gasteiger partial charge on any atom is 0.419 e. The number of halogens is 4. The number of anilines is 1. The van der Waals surface area contributed by atoms with Crippen LogP contribution in [-0.4, -0.2) is 30.1 Å². The van der Waals surface area contributed by atoms with Gasteiger partial charge in [0, 0.05) is 29.5 Å². The molecule has 0 saturated carbocycles. The fraction of sp³-hybridized carbons (Fsp3) is 0.154. The Bertz CT molecular complexity index is 1660. The van der Waals surface area contributed by atoms with E-state index in [0.29, 0.717) is 41.2 Å². The molecule has 38 heavy (non-hydrogen) atoms. The number of aryl methyl sites for hydroxylation is 2. The zero-order chi connectivity index (χ0) is 27.0. The Morgan fingerprint density at radius 3 is 2.61 bits per heavy atom. The first kappa shape index (κ1) is 24.9. The van der Waals surface area contributed by atoms with Crippen LogP contribution in [0.1, 0.15) is 22.8 Å². The number of nitrogens with zero attached hydrogens (tertiary/aromatic N) is 5. The van der Waals surface area contributed by atoms with Crippen molar-refractivity contribution < 1.29 is 27.1 Å². The van der Waals surface area contributed by atoms with Gasteiger partial charge in [0.05, 0.1) is 29.0 Å². The number of aromatic nitrogens is 5. The van der Waals surface area contributed by atoms with Gasteiger partial charge in [-0.1, -0.05) is 0 Å². The number of carbonyl (C=O) groups is 1. The molecule has 0 atom stereocenters. The summed E-state index contributed by atoms with van der Waals surface area (Å²) in [5.74, 6) is 0.237. The molecule has 0 saturated heterocycles. The molecule has 0 aliphatic rings. The predicted molar refractivity (Wildman–Crippen MR) is 131 cm³/mol. The number of alkyl halides is 3. The van der Waals surface area contributed by atoms with E-state index in [9.17, 15) is 22.4 Å². The summed E-state index contributed by atoms with van der Waals surface area (Å²) in [6.45, 7) is 4.32. The van der Waals surface area contributed by atoms with Crippen molar-refractivity contribution in [2.75, 3.05) is 5.32 Å². The molecule has 194 valence electrons. The number of rotatable bonds is 5. The molecule has 2 aromatic carbocycles. The zero-order valence-electron chi connectivity index (χ0n) is 20.1. The van der Waals surface area contributed by atoms with Gasteiger partial charge in [-0.2, -0.15) is 13.2 Å². The Kier molecular flexibility index (Phi) is 6.31. The van der Waals surface area contributed by atoms with Gasteiger partial charge >= 0.3 is 12.2 Å². The van der Waals surface area contributed by atoms with Crippen LogP contribution in [0.25, 0.3) is 10.9 Å². The fourth-order valence-corrected chi connectivity index (χ4v) is 4.01. The number of ether oxygens (including phenoxy) is 1.